The number of fused-ring (bicyclic) bond motifs is 1. The third kappa shape index (κ3) is 3.88. The van der Waals surface area contributed by atoms with Crippen LogP contribution in [0.3, 0.4) is 0 Å². The first-order valence-electron chi connectivity index (χ1n) is 8.28. The van der Waals surface area contributed by atoms with E-state index < -0.39 is 0 Å². The summed E-state index contributed by atoms with van der Waals surface area (Å²) in [6.45, 7) is 4.96. The van der Waals surface area contributed by atoms with Crippen LogP contribution in [0.5, 0.6) is 11.5 Å². The van der Waals surface area contributed by atoms with E-state index in [1.54, 1.807) is 6.08 Å². The van der Waals surface area contributed by atoms with Crippen molar-refractivity contribution < 1.29 is 14.3 Å². The molecular formula is C20H20N2O3. The molecule has 3 aromatic rings. The number of hydrogen-bond acceptors (Lipinski definition) is 4. The van der Waals surface area contributed by atoms with Crippen LogP contribution in [0.4, 0.5) is 0 Å². The monoisotopic (exact) mass is 336 g/mol. The standard InChI is InChI=1S/C20H20N2O3/c1-3-24-18-12-10-14(13-19(18)25-4-2)9-11-17(23)20-21-15-7-5-6-8-16(15)22-20/h5-13H,3-4H2,1-2H3,(H,21,22)/b11-9+. The van der Waals surface area contributed by atoms with Crippen LogP contribution in [0.15, 0.2) is 48.5 Å². The summed E-state index contributed by atoms with van der Waals surface area (Å²) in [5, 5.41) is 0. The summed E-state index contributed by atoms with van der Waals surface area (Å²) in [7, 11) is 0. The van der Waals surface area contributed by atoms with Gasteiger partial charge in [0.2, 0.25) is 5.78 Å². The van der Waals surface area contributed by atoms with E-state index in [-0.39, 0.29) is 5.78 Å². The number of H-pyrrole nitrogens is 1. The number of aromatic nitrogens is 2. The van der Waals surface area contributed by atoms with Crippen molar-refractivity contribution in [2.45, 2.75) is 13.8 Å². The molecule has 0 unspecified atom stereocenters. The van der Waals surface area contributed by atoms with Gasteiger partial charge in [-0.15, -0.1) is 0 Å². The highest BCUT2D eigenvalue weighted by atomic mass is 16.5. The Labute approximate surface area is 146 Å². The van der Waals surface area contributed by atoms with Gasteiger partial charge in [-0.1, -0.05) is 24.3 Å². The highest BCUT2D eigenvalue weighted by molar-refractivity contribution is 6.05. The first kappa shape index (κ1) is 16.8. The predicted molar refractivity (Wildman–Crippen MR) is 98.2 cm³/mol. The number of carbonyl (C=O) groups excluding carboxylic acids is 1. The highest BCUT2D eigenvalue weighted by Gasteiger charge is 2.09. The van der Waals surface area contributed by atoms with E-state index in [1.165, 1.54) is 6.08 Å². The zero-order chi connectivity index (χ0) is 17.6. The van der Waals surface area contributed by atoms with E-state index in [0.717, 1.165) is 16.6 Å². The lowest BCUT2D eigenvalue weighted by Gasteiger charge is -2.11. The number of imidazole rings is 1. The molecule has 0 aliphatic heterocycles. The Morgan fingerprint density at radius 3 is 2.60 bits per heavy atom. The third-order valence-electron chi connectivity index (χ3n) is 3.62. The molecule has 3 rings (SSSR count). The van der Waals surface area contributed by atoms with Gasteiger partial charge in [0.1, 0.15) is 0 Å². The lowest BCUT2D eigenvalue weighted by atomic mass is 10.1. The van der Waals surface area contributed by atoms with E-state index in [2.05, 4.69) is 9.97 Å². The molecule has 0 aliphatic carbocycles. The van der Waals surface area contributed by atoms with Gasteiger partial charge in [-0.3, -0.25) is 4.79 Å². The number of ketones is 1. The van der Waals surface area contributed by atoms with Crippen molar-refractivity contribution in [3.8, 4) is 11.5 Å². The van der Waals surface area contributed by atoms with Crippen molar-refractivity contribution in [3.63, 3.8) is 0 Å². The van der Waals surface area contributed by atoms with Gasteiger partial charge in [-0.2, -0.15) is 0 Å². The van der Waals surface area contributed by atoms with Crippen molar-refractivity contribution in [1.29, 1.82) is 0 Å². The molecule has 25 heavy (non-hydrogen) atoms. The molecular weight excluding hydrogens is 316 g/mol. The summed E-state index contributed by atoms with van der Waals surface area (Å²) in [4.78, 5) is 19.7. The number of nitrogens with zero attached hydrogens (tertiary/aromatic N) is 1. The van der Waals surface area contributed by atoms with E-state index in [9.17, 15) is 4.79 Å². The fourth-order valence-corrected chi connectivity index (χ4v) is 2.49. The molecule has 5 heteroatoms. The summed E-state index contributed by atoms with van der Waals surface area (Å²) in [6.07, 6.45) is 3.25. The largest absolute Gasteiger partial charge is 0.490 e. The van der Waals surface area contributed by atoms with Crippen LogP contribution in [0, 0.1) is 0 Å². The molecule has 0 radical (unpaired) electrons. The molecule has 0 aliphatic rings. The van der Waals surface area contributed by atoms with Crippen molar-refractivity contribution in [1.82, 2.24) is 9.97 Å². The van der Waals surface area contributed by atoms with Crippen LogP contribution in [-0.4, -0.2) is 29.0 Å². The first-order valence-corrected chi connectivity index (χ1v) is 8.28. The summed E-state index contributed by atoms with van der Waals surface area (Å²) < 4.78 is 11.1. The maximum absolute atomic E-state index is 12.3. The van der Waals surface area contributed by atoms with Crippen LogP contribution in [0.2, 0.25) is 0 Å². The summed E-state index contributed by atoms with van der Waals surface area (Å²) >= 11 is 0. The molecule has 2 aromatic carbocycles. The molecule has 1 heterocycles. The summed E-state index contributed by atoms with van der Waals surface area (Å²) in [5.41, 5.74) is 2.48. The van der Waals surface area contributed by atoms with Gasteiger partial charge in [0, 0.05) is 0 Å². The Balaban J connectivity index is 1.80. The van der Waals surface area contributed by atoms with E-state index in [1.807, 2.05) is 56.3 Å². The summed E-state index contributed by atoms with van der Waals surface area (Å²) in [6, 6.07) is 13.1. The zero-order valence-electron chi connectivity index (χ0n) is 14.3. The topological polar surface area (TPSA) is 64.2 Å². The van der Waals surface area contributed by atoms with Crippen molar-refractivity contribution in [2.75, 3.05) is 13.2 Å². The zero-order valence-corrected chi connectivity index (χ0v) is 14.3. The number of allylic oxidation sites excluding steroid dienone is 1. The average Bonchev–Trinajstić information content (AvgIpc) is 3.06. The third-order valence-corrected chi connectivity index (χ3v) is 3.62. The van der Waals surface area contributed by atoms with E-state index in [0.29, 0.717) is 30.5 Å². The van der Waals surface area contributed by atoms with Gasteiger partial charge in [-0.05, 0) is 49.8 Å². The minimum atomic E-state index is -0.178. The molecule has 1 N–H and O–H groups in total. The number of hydrogen-bond donors (Lipinski definition) is 1. The molecule has 128 valence electrons. The van der Waals surface area contributed by atoms with Crippen LogP contribution in [-0.2, 0) is 0 Å². The smallest absolute Gasteiger partial charge is 0.221 e. The SMILES string of the molecule is CCOc1ccc(/C=C/C(=O)c2nc3ccccc3[nH]2)cc1OCC. The lowest BCUT2D eigenvalue weighted by Crippen LogP contribution is -1.99. The number of para-hydroxylation sites is 2. The number of benzene rings is 2. The second-order valence-corrected chi connectivity index (χ2v) is 5.37. The van der Waals surface area contributed by atoms with Crippen molar-refractivity contribution in [2.24, 2.45) is 0 Å². The lowest BCUT2D eigenvalue weighted by molar-refractivity contribution is 0.103. The van der Waals surface area contributed by atoms with E-state index >= 15 is 0 Å². The van der Waals surface area contributed by atoms with Gasteiger partial charge < -0.3 is 14.5 Å². The molecule has 0 saturated heterocycles. The highest BCUT2D eigenvalue weighted by Crippen LogP contribution is 2.29. The molecule has 0 bridgehead atoms. The predicted octanol–water partition coefficient (Wildman–Crippen LogP) is 4.26. The maximum Gasteiger partial charge on any atom is 0.221 e. The van der Waals surface area contributed by atoms with Crippen molar-refractivity contribution >= 4 is 22.9 Å². The van der Waals surface area contributed by atoms with Crippen LogP contribution in [0.25, 0.3) is 17.1 Å². The fraction of sp³-hybridized carbons (Fsp3) is 0.200. The Morgan fingerprint density at radius 1 is 1.08 bits per heavy atom. The molecule has 0 atom stereocenters. The number of carbonyl (C=O) groups is 1. The Kier molecular flexibility index (Phi) is 5.14. The maximum atomic E-state index is 12.3. The molecule has 0 amide bonds. The fourth-order valence-electron chi connectivity index (χ4n) is 2.49. The van der Waals surface area contributed by atoms with Gasteiger partial charge in [0.15, 0.2) is 17.3 Å². The quantitative estimate of drug-likeness (QED) is 0.517. The van der Waals surface area contributed by atoms with Crippen LogP contribution in [0.1, 0.15) is 30.0 Å². The number of ether oxygens (including phenoxy) is 2. The van der Waals surface area contributed by atoms with Crippen LogP contribution >= 0.6 is 0 Å². The molecule has 0 fully saturated rings. The van der Waals surface area contributed by atoms with Gasteiger partial charge in [0.25, 0.3) is 0 Å². The normalized spacial score (nSPS) is 11.1. The first-order chi connectivity index (χ1) is 12.2. The van der Waals surface area contributed by atoms with Gasteiger partial charge in [-0.25, -0.2) is 4.98 Å². The second kappa shape index (κ2) is 7.66. The Hall–Kier alpha value is -3.08. The van der Waals surface area contributed by atoms with Gasteiger partial charge >= 0.3 is 0 Å². The minimum absolute atomic E-state index is 0.178. The Morgan fingerprint density at radius 2 is 1.84 bits per heavy atom. The van der Waals surface area contributed by atoms with Crippen LogP contribution < -0.4 is 9.47 Å². The Bertz CT molecular complexity index is 879. The summed E-state index contributed by atoms with van der Waals surface area (Å²) in [5.74, 6) is 1.52. The van der Waals surface area contributed by atoms with Crippen molar-refractivity contribution in [3.05, 3.63) is 59.9 Å². The number of aromatic amines is 1. The average molecular weight is 336 g/mol. The molecule has 0 spiro atoms. The molecule has 5 nitrogen and oxygen atoms in total. The number of rotatable bonds is 7. The molecule has 1 aromatic heterocycles. The van der Waals surface area contributed by atoms with Gasteiger partial charge in [0.05, 0.1) is 24.2 Å². The van der Waals surface area contributed by atoms with E-state index in [4.69, 9.17) is 9.47 Å². The molecule has 0 saturated carbocycles. The number of nitrogens with one attached hydrogen (secondary N) is 1. The second-order valence-electron chi connectivity index (χ2n) is 5.37. The minimum Gasteiger partial charge on any atom is -0.490 e.